The Hall–Kier alpha value is -4.34. The van der Waals surface area contributed by atoms with Crippen molar-refractivity contribution in [3.63, 3.8) is 0 Å². The number of nitrogens with zero attached hydrogens (tertiary/aromatic N) is 4. The highest BCUT2D eigenvalue weighted by Crippen LogP contribution is 2.32. The standard InChI is InChI=1S/C29H24ClN5O3S/c1-2-35-27(19-12-14-21(30)15-13-19)32-33-29(35)39-25(28(37)38)16-20-17-34(24-11-7-6-10-23(20)24)18-26(36)31-22-8-4-3-5-9-22/h3-17H,2,18H2,1H3,(H,31,36)(H,37,38)/b25-16-. The van der Waals surface area contributed by atoms with Crippen molar-refractivity contribution in [2.45, 2.75) is 25.2 Å². The van der Waals surface area contributed by atoms with E-state index in [-0.39, 0.29) is 17.4 Å². The van der Waals surface area contributed by atoms with Crippen LogP contribution in [0.5, 0.6) is 0 Å². The summed E-state index contributed by atoms with van der Waals surface area (Å²) in [7, 11) is 0. The topological polar surface area (TPSA) is 102 Å². The molecule has 2 heterocycles. The molecule has 0 bridgehead atoms. The number of para-hydroxylation sites is 2. The first-order chi connectivity index (χ1) is 18.9. The first-order valence-electron chi connectivity index (χ1n) is 12.2. The number of hydrogen-bond donors (Lipinski definition) is 2. The van der Waals surface area contributed by atoms with Crippen molar-refractivity contribution in [2.24, 2.45) is 0 Å². The minimum Gasteiger partial charge on any atom is -0.477 e. The van der Waals surface area contributed by atoms with Crippen LogP contribution in [0, 0.1) is 0 Å². The molecule has 0 spiro atoms. The summed E-state index contributed by atoms with van der Waals surface area (Å²) in [5.41, 5.74) is 3.05. The highest BCUT2D eigenvalue weighted by atomic mass is 35.5. The molecule has 0 radical (unpaired) electrons. The smallest absolute Gasteiger partial charge is 0.342 e. The van der Waals surface area contributed by atoms with Gasteiger partial charge in [0.1, 0.15) is 11.4 Å². The van der Waals surface area contributed by atoms with E-state index in [1.807, 2.05) is 82.8 Å². The maximum absolute atomic E-state index is 12.7. The van der Waals surface area contributed by atoms with E-state index in [1.165, 1.54) is 0 Å². The Bertz CT molecular complexity index is 1680. The Labute approximate surface area is 233 Å². The van der Waals surface area contributed by atoms with Crippen LogP contribution in [-0.2, 0) is 22.7 Å². The molecular weight excluding hydrogens is 534 g/mol. The molecule has 1 amide bonds. The van der Waals surface area contributed by atoms with Gasteiger partial charge in [-0.2, -0.15) is 0 Å². The number of carboxylic acids is 1. The molecule has 0 aliphatic rings. The third-order valence-corrected chi connectivity index (χ3v) is 7.27. The number of aliphatic carboxylic acids is 1. The van der Waals surface area contributed by atoms with Crippen LogP contribution in [0.3, 0.4) is 0 Å². The first kappa shape index (κ1) is 26.3. The van der Waals surface area contributed by atoms with E-state index in [2.05, 4.69) is 15.5 Å². The van der Waals surface area contributed by atoms with E-state index < -0.39 is 5.97 Å². The molecule has 39 heavy (non-hydrogen) atoms. The summed E-state index contributed by atoms with van der Waals surface area (Å²) >= 11 is 7.05. The minimum absolute atomic E-state index is 0.0768. The number of anilines is 1. The van der Waals surface area contributed by atoms with Crippen molar-refractivity contribution in [1.29, 1.82) is 0 Å². The van der Waals surface area contributed by atoms with E-state index in [0.717, 1.165) is 28.2 Å². The largest absolute Gasteiger partial charge is 0.477 e. The molecule has 10 heteroatoms. The Morgan fingerprint density at radius 1 is 1.00 bits per heavy atom. The molecule has 5 rings (SSSR count). The average molecular weight is 558 g/mol. The summed E-state index contributed by atoms with van der Waals surface area (Å²) in [5, 5.41) is 23.5. The highest BCUT2D eigenvalue weighted by Gasteiger charge is 2.19. The lowest BCUT2D eigenvalue weighted by Gasteiger charge is -2.08. The zero-order valence-corrected chi connectivity index (χ0v) is 22.5. The molecule has 0 unspecified atom stereocenters. The molecule has 8 nitrogen and oxygen atoms in total. The lowest BCUT2D eigenvalue weighted by Crippen LogP contribution is -2.18. The number of benzene rings is 3. The summed E-state index contributed by atoms with van der Waals surface area (Å²) in [6, 6.07) is 24.1. The van der Waals surface area contributed by atoms with E-state index in [9.17, 15) is 14.7 Å². The zero-order valence-electron chi connectivity index (χ0n) is 20.9. The van der Waals surface area contributed by atoms with E-state index in [1.54, 1.807) is 24.4 Å². The summed E-state index contributed by atoms with van der Waals surface area (Å²) < 4.78 is 3.68. The molecule has 3 aromatic carbocycles. The molecule has 5 aromatic rings. The highest BCUT2D eigenvalue weighted by molar-refractivity contribution is 8.04. The number of halogens is 1. The van der Waals surface area contributed by atoms with Crippen LogP contribution in [0.15, 0.2) is 95.1 Å². The van der Waals surface area contributed by atoms with Crippen LogP contribution in [0.25, 0.3) is 28.4 Å². The van der Waals surface area contributed by atoms with Gasteiger partial charge in [-0.05, 0) is 67.2 Å². The van der Waals surface area contributed by atoms with Crippen molar-refractivity contribution >= 4 is 57.9 Å². The third-order valence-electron chi connectivity index (χ3n) is 6.03. The van der Waals surface area contributed by atoms with Gasteiger partial charge in [-0.1, -0.05) is 48.0 Å². The van der Waals surface area contributed by atoms with Gasteiger partial charge in [-0.3, -0.25) is 4.79 Å². The molecule has 2 aromatic heterocycles. The maximum Gasteiger partial charge on any atom is 0.342 e. The third kappa shape index (κ3) is 5.89. The van der Waals surface area contributed by atoms with Gasteiger partial charge in [0.15, 0.2) is 11.0 Å². The van der Waals surface area contributed by atoms with Gasteiger partial charge in [-0.25, -0.2) is 4.79 Å². The normalized spacial score (nSPS) is 11.6. The molecular formula is C29H24ClN5O3S. The fourth-order valence-corrected chi connectivity index (χ4v) is 5.24. The number of carbonyl (C=O) groups is 2. The molecule has 0 fully saturated rings. The number of carbonyl (C=O) groups excluding carboxylic acids is 1. The number of carboxylic acid groups (broad SMARTS) is 1. The van der Waals surface area contributed by atoms with Crippen molar-refractivity contribution < 1.29 is 14.7 Å². The van der Waals surface area contributed by atoms with Crippen LogP contribution < -0.4 is 5.32 Å². The van der Waals surface area contributed by atoms with Crippen LogP contribution in [0.2, 0.25) is 5.02 Å². The summed E-state index contributed by atoms with van der Waals surface area (Å²) in [6.07, 6.45) is 3.40. The Morgan fingerprint density at radius 3 is 2.44 bits per heavy atom. The maximum atomic E-state index is 12.7. The van der Waals surface area contributed by atoms with Gasteiger partial charge in [0.2, 0.25) is 5.91 Å². The first-order valence-corrected chi connectivity index (χ1v) is 13.4. The molecule has 0 atom stereocenters. The minimum atomic E-state index is -1.09. The average Bonchev–Trinajstić information content (AvgIpc) is 3.50. The SMILES string of the molecule is CCn1c(S/C(=C\c2cn(CC(=O)Nc3ccccc3)c3ccccc23)C(=O)O)nnc1-c1ccc(Cl)cc1. The number of fused-ring (bicyclic) bond motifs is 1. The van der Waals surface area contributed by atoms with E-state index in [0.29, 0.717) is 33.8 Å². The second-order valence-electron chi connectivity index (χ2n) is 8.62. The van der Waals surface area contributed by atoms with Gasteiger partial charge in [0, 0.05) is 45.5 Å². The number of nitrogens with one attached hydrogen (secondary N) is 1. The molecule has 0 aliphatic carbocycles. The van der Waals surface area contributed by atoms with Gasteiger partial charge in [-0.15, -0.1) is 10.2 Å². The van der Waals surface area contributed by atoms with Gasteiger partial charge >= 0.3 is 5.97 Å². The predicted octanol–water partition coefficient (Wildman–Crippen LogP) is 6.43. The van der Waals surface area contributed by atoms with Crippen LogP contribution in [0.1, 0.15) is 12.5 Å². The fraction of sp³-hybridized carbons (Fsp3) is 0.103. The van der Waals surface area contributed by atoms with Crippen LogP contribution >= 0.6 is 23.4 Å². The van der Waals surface area contributed by atoms with Gasteiger partial charge < -0.3 is 19.6 Å². The number of hydrogen-bond acceptors (Lipinski definition) is 5. The van der Waals surface area contributed by atoms with Crippen molar-refractivity contribution in [3.05, 3.63) is 101 Å². The second-order valence-corrected chi connectivity index (χ2v) is 10.1. The van der Waals surface area contributed by atoms with Gasteiger partial charge in [0.05, 0.1) is 0 Å². The van der Waals surface area contributed by atoms with Crippen molar-refractivity contribution in [2.75, 3.05) is 5.32 Å². The molecule has 196 valence electrons. The number of aromatic nitrogens is 4. The lowest BCUT2D eigenvalue weighted by atomic mass is 10.1. The number of thioether (sulfide) groups is 1. The zero-order chi connectivity index (χ0) is 27.4. The van der Waals surface area contributed by atoms with Crippen molar-refractivity contribution in [1.82, 2.24) is 19.3 Å². The number of amides is 1. The monoisotopic (exact) mass is 557 g/mol. The molecule has 0 saturated heterocycles. The Morgan fingerprint density at radius 2 is 1.72 bits per heavy atom. The van der Waals surface area contributed by atoms with Crippen LogP contribution in [0.4, 0.5) is 5.69 Å². The lowest BCUT2D eigenvalue weighted by molar-refractivity contribution is -0.131. The van der Waals surface area contributed by atoms with E-state index >= 15 is 0 Å². The van der Waals surface area contributed by atoms with Crippen molar-refractivity contribution in [3.8, 4) is 11.4 Å². The summed E-state index contributed by atoms with van der Waals surface area (Å²) in [6.45, 7) is 2.58. The van der Waals surface area contributed by atoms with Crippen LogP contribution in [-0.4, -0.2) is 36.3 Å². The Balaban J connectivity index is 1.46. The number of rotatable bonds is 9. The molecule has 2 N–H and O–H groups in total. The molecule has 0 saturated carbocycles. The molecule has 0 aliphatic heterocycles. The Kier molecular flexibility index (Phi) is 7.81. The van der Waals surface area contributed by atoms with Gasteiger partial charge in [0.25, 0.3) is 0 Å². The second kappa shape index (κ2) is 11.6. The quantitative estimate of drug-likeness (QED) is 0.160. The summed E-state index contributed by atoms with van der Waals surface area (Å²) in [4.78, 5) is 25.1. The summed E-state index contributed by atoms with van der Waals surface area (Å²) in [5.74, 6) is -0.643. The predicted molar refractivity (Wildman–Crippen MR) is 155 cm³/mol. The fourth-order valence-electron chi connectivity index (χ4n) is 4.23. The van der Waals surface area contributed by atoms with E-state index in [4.69, 9.17) is 11.6 Å².